The molecule has 9 nitrogen and oxygen atoms in total. The highest BCUT2D eigenvalue weighted by atomic mass is 16.5. The second-order valence-corrected chi connectivity index (χ2v) is 13.0. The normalized spacial score (nSPS) is 27.9. The quantitative estimate of drug-likeness (QED) is 0.255. The maximum absolute atomic E-state index is 15.1. The van der Waals surface area contributed by atoms with Crippen molar-refractivity contribution >= 4 is 34.9 Å². The Balaban J connectivity index is 1.45. The summed E-state index contributed by atoms with van der Waals surface area (Å²) in [6.07, 6.45) is 3.81. The van der Waals surface area contributed by atoms with Gasteiger partial charge in [-0.15, -0.1) is 0 Å². The van der Waals surface area contributed by atoms with Crippen molar-refractivity contribution in [3.63, 3.8) is 0 Å². The van der Waals surface area contributed by atoms with Gasteiger partial charge in [-0.1, -0.05) is 78.4 Å². The van der Waals surface area contributed by atoms with Crippen molar-refractivity contribution < 1.29 is 38.9 Å². The van der Waals surface area contributed by atoms with Crippen LogP contribution in [-0.4, -0.2) is 58.1 Å². The van der Waals surface area contributed by atoms with Gasteiger partial charge in [0.15, 0.2) is 11.6 Å². The standard InChI is InChI=1S/C39H35NO8/c1-48-31-19-24(41)14-15-26(31)35-25-16-17-27-34(38(47)40(37(27)46)18-8-13-33(43)44)29(25)20-30-36(45)28(22-9-4-2-5-10-22)21-32(42)39(30,35)23-11-6-3-7-12-23/h2-7,9-12,14-16,19,21,27,29-30,34-35,41H,8,13,17-18,20H2,1H3,(H,43,44)/t27-,29+,30-,34-,35+,39-/m0/s1. The molecule has 2 N–H and O–H groups in total. The second-order valence-electron chi connectivity index (χ2n) is 13.0. The monoisotopic (exact) mass is 645 g/mol. The van der Waals surface area contributed by atoms with Gasteiger partial charge in [0, 0.05) is 42.0 Å². The summed E-state index contributed by atoms with van der Waals surface area (Å²) in [4.78, 5) is 70.2. The van der Waals surface area contributed by atoms with Gasteiger partial charge in [-0.25, -0.2) is 0 Å². The number of Topliss-reactive ketones (excluding diaryl/α,β-unsaturated/α-hetero) is 1. The van der Waals surface area contributed by atoms with Gasteiger partial charge >= 0.3 is 5.97 Å². The summed E-state index contributed by atoms with van der Waals surface area (Å²) in [7, 11) is 1.48. The van der Waals surface area contributed by atoms with Crippen LogP contribution in [0.3, 0.4) is 0 Å². The molecule has 7 rings (SSSR count). The molecular formula is C39H35NO8. The molecule has 0 radical (unpaired) electrons. The molecule has 0 bridgehead atoms. The summed E-state index contributed by atoms with van der Waals surface area (Å²) in [5, 5.41) is 19.6. The molecule has 3 aromatic rings. The van der Waals surface area contributed by atoms with Crippen LogP contribution in [0.2, 0.25) is 0 Å². The fourth-order valence-electron chi connectivity index (χ4n) is 8.83. The number of aromatic hydroxyl groups is 1. The first-order valence-corrected chi connectivity index (χ1v) is 16.2. The van der Waals surface area contributed by atoms with E-state index in [-0.39, 0.29) is 61.4 Å². The number of benzene rings is 3. The van der Waals surface area contributed by atoms with E-state index in [0.29, 0.717) is 28.0 Å². The fourth-order valence-corrected chi connectivity index (χ4v) is 8.83. The van der Waals surface area contributed by atoms with E-state index in [4.69, 9.17) is 9.84 Å². The number of phenolic OH excluding ortho intramolecular Hbond substituents is 1. The van der Waals surface area contributed by atoms with Gasteiger partial charge in [-0.2, -0.15) is 0 Å². The molecule has 2 amide bonds. The summed E-state index contributed by atoms with van der Waals surface area (Å²) in [6.45, 7) is 0.00389. The van der Waals surface area contributed by atoms with Crippen molar-refractivity contribution in [3.05, 3.63) is 113 Å². The number of rotatable bonds is 8. The maximum Gasteiger partial charge on any atom is 0.303 e. The van der Waals surface area contributed by atoms with E-state index in [2.05, 4.69) is 0 Å². The number of carbonyl (C=O) groups excluding carboxylic acids is 4. The van der Waals surface area contributed by atoms with Crippen LogP contribution >= 0.6 is 0 Å². The van der Waals surface area contributed by atoms with Crippen molar-refractivity contribution in [2.75, 3.05) is 13.7 Å². The predicted octanol–water partition coefficient (Wildman–Crippen LogP) is 5.09. The van der Waals surface area contributed by atoms with Gasteiger partial charge in [-0.05, 0) is 48.4 Å². The Bertz CT molecular complexity index is 1900. The van der Waals surface area contributed by atoms with Gasteiger partial charge in [-0.3, -0.25) is 28.9 Å². The number of likely N-dealkylation sites (tertiary alicyclic amines) is 1. The lowest BCUT2D eigenvalue weighted by atomic mass is 9.44. The van der Waals surface area contributed by atoms with Crippen molar-refractivity contribution in [3.8, 4) is 11.5 Å². The number of phenols is 1. The lowest BCUT2D eigenvalue weighted by molar-refractivity contribution is -0.142. The fraction of sp³-hybridized carbons (Fsp3) is 0.308. The average Bonchev–Trinajstić information content (AvgIpc) is 3.34. The van der Waals surface area contributed by atoms with Gasteiger partial charge in [0.2, 0.25) is 11.8 Å². The van der Waals surface area contributed by atoms with Crippen molar-refractivity contribution in [2.45, 2.75) is 37.0 Å². The minimum Gasteiger partial charge on any atom is -0.508 e. The summed E-state index contributed by atoms with van der Waals surface area (Å²) >= 11 is 0. The van der Waals surface area contributed by atoms with Gasteiger partial charge < -0.3 is 14.9 Å². The lowest BCUT2D eigenvalue weighted by Crippen LogP contribution is -2.58. The number of carboxylic acid groups (broad SMARTS) is 1. The van der Waals surface area contributed by atoms with E-state index in [1.807, 2.05) is 54.6 Å². The van der Waals surface area contributed by atoms with E-state index in [1.54, 1.807) is 18.2 Å². The van der Waals surface area contributed by atoms with E-state index in [0.717, 1.165) is 5.57 Å². The number of fused-ring (bicyclic) bond motifs is 4. The molecule has 0 aromatic heterocycles. The molecule has 4 aliphatic rings. The highest BCUT2D eigenvalue weighted by molar-refractivity contribution is 6.31. The zero-order chi connectivity index (χ0) is 33.7. The third-order valence-electron chi connectivity index (χ3n) is 10.8. The van der Waals surface area contributed by atoms with Crippen LogP contribution in [0.25, 0.3) is 5.57 Å². The maximum atomic E-state index is 15.1. The topological polar surface area (TPSA) is 138 Å². The highest BCUT2D eigenvalue weighted by Gasteiger charge is 2.66. The third kappa shape index (κ3) is 4.71. The SMILES string of the molecule is COc1cc(O)ccc1[C@H]1C2=CC[C@@H]3C(=O)N(CCCC(=O)O)C(=O)[C@@H]3[C@@H]2C[C@H]2C(=O)C(c3ccccc3)=CC(=O)[C@@]12c1ccccc1. The largest absolute Gasteiger partial charge is 0.508 e. The van der Waals surface area contributed by atoms with E-state index in [9.17, 15) is 24.3 Å². The molecule has 2 fully saturated rings. The van der Waals surface area contributed by atoms with Crippen LogP contribution in [0, 0.1) is 23.7 Å². The number of hydrogen-bond donors (Lipinski definition) is 2. The van der Waals surface area contributed by atoms with E-state index < -0.39 is 41.0 Å². The molecule has 9 heteroatoms. The number of allylic oxidation sites excluding steroid dienone is 4. The molecule has 1 saturated heterocycles. The number of nitrogens with zero attached hydrogens (tertiary/aromatic N) is 1. The Kier molecular flexibility index (Phi) is 7.86. The van der Waals surface area contributed by atoms with E-state index in [1.165, 1.54) is 30.2 Å². The smallest absolute Gasteiger partial charge is 0.303 e. The first-order chi connectivity index (χ1) is 23.2. The number of amides is 2. The first-order valence-electron chi connectivity index (χ1n) is 16.2. The number of carbonyl (C=O) groups is 5. The molecule has 48 heavy (non-hydrogen) atoms. The van der Waals surface area contributed by atoms with Crippen molar-refractivity contribution in [2.24, 2.45) is 23.7 Å². The molecule has 1 aliphatic heterocycles. The molecule has 0 spiro atoms. The Morgan fingerprint density at radius 1 is 0.938 bits per heavy atom. The minimum atomic E-state index is -1.41. The predicted molar refractivity (Wildman–Crippen MR) is 175 cm³/mol. The summed E-state index contributed by atoms with van der Waals surface area (Å²) in [5.41, 5.74) is 1.54. The molecule has 244 valence electrons. The number of ketones is 2. The van der Waals surface area contributed by atoms with Gasteiger partial charge in [0.25, 0.3) is 0 Å². The third-order valence-corrected chi connectivity index (χ3v) is 10.8. The van der Waals surface area contributed by atoms with Crippen LogP contribution in [0.5, 0.6) is 11.5 Å². The Hall–Kier alpha value is -5.31. The van der Waals surface area contributed by atoms with Gasteiger partial charge in [0.1, 0.15) is 11.5 Å². The summed E-state index contributed by atoms with van der Waals surface area (Å²) in [6, 6.07) is 23.0. The highest BCUT2D eigenvalue weighted by Crippen LogP contribution is 2.64. The van der Waals surface area contributed by atoms with Gasteiger partial charge in [0.05, 0.1) is 24.4 Å². The number of ether oxygens (including phenoxy) is 1. The zero-order valence-electron chi connectivity index (χ0n) is 26.4. The Morgan fingerprint density at radius 2 is 1.65 bits per heavy atom. The van der Waals surface area contributed by atoms with Crippen LogP contribution in [0.1, 0.15) is 48.3 Å². The van der Waals surface area contributed by atoms with Crippen molar-refractivity contribution in [1.82, 2.24) is 4.90 Å². The van der Waals surface area contributed by atoms with Crippen LogP contribution < -0.4 is 4.74 Å². The van der Waals surface area contributed by atoms with Crippen molar-refractivity contribution in [1.29, 1.82) is 0 Å². The molecular weight excluding hydrogens is 610 g/mol. The number of methoxy groups -OCH3 is 1. The van der Waals surface area contributed by atoms with E-state index >= 15 is 4.79 Å². The minimum absolute atomic E-state index is 0.00389. The molecule has 3 aromatic carbocycles. The first kappa shape index (κ1) is 31.3. The summed E-state index contributed by atoms with van der Waals surface area (Å²) < 4.78 is 5.80. The number of imide groups is 1. The molecule has 0 unspecified atom stereocenters. The van der Waals surface area contributed by atoms with Crippen LogP contribution in [0.15, 0.2) is 96.6 Å². The lowest BCUT2D eigenvalue weighted by Gasteiger charge is -2.55. The average molecular weight is 646 g/mol. The number of aliphatic carboxylic acids is 1. The molecule has 3 aliphatic carbocycles. The molecule has 1 saturated carbocycles. The molecule has 1 heterocycles. The van der Waals surface area contributed by atoms with Crippen LogP contribution in [0.4, 0.5) is 0 Å². The molecule has 6 atom stereocenters. The zero-order valence-corrected chi connectivity index (χ0v) is 26.4. The number of hydrogen-bond acceptors (Lipinski definition) is 7. The second kappa shape index (κ2) is 12.0. The Labute approximate surface area is 277 Å². The number of carboxylic acids is 1. The Morgan fingerprint density at radius 3 is 2.33 bits per heavy atom. The summed E-state index contributed by atoms with van der Waals surface area (Å²) in [5.74, 6) is -5.52. The van der Waals surface area contributed by atoms with Crippen LogP contribution in [-0.2, 0) is 29.4 Å².